The molecule has 0 aliphatic carbocycles. The SMILES string of the molecule is Cc1cc(C(O)c2ncc(-c3cccc4ccccc34)[nH]2)ccc1F. The van der Waals surface area contributed by atoms with Gasteiger partial charge in [0.2, 0.25) is 0 Å². The zero-order valence-electron chi connectivity index (χ0n) is 13.7. The first-order valence-corrected chi connectivity index (χ1v) is 8.10. The molecule has 2 N–H and O–H groups in total. The quantitative estimate of drug-likeness (QED) is 0.568. The smallest absolute Gasteiger partial charge is 0.140 e. The van der Waals surface area contributed by atoms with Gasteiger partial charge >= 0.3 is 0 Å². The maximum absolute atomic E-state index is 13.4. The highest BCUT2D eigenvalue weighted by Crippen LogP contribution is 2.29. The molecule has 0 aliphatic rings. The van der Waals surface area contributed by atoms with Crippen molar-refractivity contribution in [1.82, 2.24) is 9.97 Å². The molecule has 0 bridgehead atoms. The van der Waals surface area contributed by atoms with E-state index in [0.717, 1.165) is 22.0 Å². The molecule has 3 nitrogen and oxygen atoms in total. The van der Waals surface area contributed by atoms with Gasteiger partial charge in [-0.1, -0.05) is 54.6 Å². The van der Waals surface area contributed by atoms with Gasteiger partial charge in [-0.25, -0.2) is 9.37 Å². The van der Waals surface area contributed by atoms with Gasteiger partial charge in [-0.3, -0.25) is 0 Å². The van der Waals surface area contributed by atoms with E-state index in [0.29, 0.717) is 17.0 Å². The molecule has 0 aliphatic heterocycles. The summed E-state index contributed by atoms with van der Waals surface area (Å²) in [5.74, 6) is 0.154. The molecule has 0 radical (unpaired) electrons. The Labute approximate surface area is 144 Å². The summed E-state index contributed by atoms with van der Waals surface area (Å²) in [6.45, 7) is 1.68. The second kappa shape index (κ2) is 6.15. The monoisotopic (exact) mass is 332 g/mol. The van der Waals surface area contributed by atoms with Gasteiger partial charge in [0.1, 0.15) is 17.7 Å². The first-order valence-electron chi connectivity index (χ1n) is 8.10. The molecule has 25 heavy (non-hydrogen) atoms. The number of hydrogen-bond acceptors (Lipinski definition) is 2. The van der Waals surface area contributed by atoms with Gasteiger partial charge < -0.3 is 10.1 Å². The Morgan fingerprint density at radius 3 is 2.68 bits per heavy atom. The highest BCUT2D eigenvalue weighted by atomic mass is 19.1. The average molecular weight is 332 g/mol. The summed E-state index contributed by atoms with van der Waals surface area (Å²) in [6.07, 6.45) is 0.791. The van der Waals surface area contributed by atoms with Crippen LogP contribution < -0.4 is 0 Å². The number of halogens is 1. The van der Waals surface area contributed by atoms with Gasteiger partial charge in [-0.2, -0.15) is 0 Å². The molecule has 0 fully saturated rings. The molecular weight excluding hydrogens is 315 g/mol. The predicted molar refractivity (Wildman–Crippen MR) is 96.7 cm³/mol. The molecule has 0 amide bonds. The molecule has 1 aromatic heterocycles. The number of aromatic nitrogens is 2. The van der Waals surface area contributed by atoms with Crippen LogP contribution >= 0.6 is 0 Å². The number of H-pyrrole nitrogens is 1. The predicted octanol–water partition coefficient (Wildman–Crippen LogP) is 4.76. The fourth-order valence-corrected chi connectivity index (χ4v) is 3.07. The number of hydrogen-bond donors (Lipinski definition) is 2. The Morgan fingerprint density at radius 1 is 1.04 bits per heavy atom. The number of nitrogens with one attached hydrogen (secondary N) is 1. The Hall–Kier alpha value is -2.98. The third-order valence-electron chi connectivity index (χ3n) is 4.43. The summed E-state index contributed by atoms with van der Waals surface area (Å²) in [4.78, 5) is 7.53. The molecule has 0 saturated heterocycles. The van der Waals surface area contributed by atoms with Gasteiger partial charge in [0.25, 0.3) is 0 Å². The molecule has 4 aromatic rings. The fraction of sp³-hybridized carbons (Fsp3) is 0.0952. The number of fused-ring (bicyclic) bond motifs is 1. The van der Waals surface area contributed by atoms with Crippen LogP contribution in [0.2, 0.25) is 0 Å². The van der Waals surface area contributed by atoms with Crippen LogP contribution in [0.3, 0.4) is 0 Å². The van der Waals surface area contributed by atoms with Crippen LogP contribution in [-0.4, -0.2) is 15.1 Å². The number of rotatable bonds is 3. The maximum Gasteiger partial charge on any atom is 0.140 e. The lowest BCUT2D eigenvalue weighted by Gasteiger charge is -2.10. The molecule has 4 heteroatoms. The highest BCUT2D eigenvalue weighted by molar-refractivity contribution is 5.95. The molecule has 1 heterocycles. The summed E-state index contributed by atoms with van der Waals surface area (Å²) in [7, 11) is 0. The minimum Gasteiger partial charge on any atom is -0.380 e. The Bertz CT molecular complexity index is 1050. The molecular formula is C21H17FN2O. The second-order valence-electron chi connectivity index (χ2n) is 6.12. The van der Waals surface area contributed by atoms with Gasteiger partial charge in [-0.15, -0.1) is 0 Å². The molecule has 1 atom stereocenters. The lowest BCUT2D eigenvalue weighted by atomic mass is 10.0. The minimum atomic E-state index is -0.928. The number of aryl methyl sites for hydroxylation is 1. The van der Waals surface area contributed by atoms with Crippen molar-refractivity contribution in [2.24, 2.45) is 0 Å². The minimum absolute atomic E-state index is 0.285. The van der Waals surface area contributed by atoms with Crippen LogP contribution in [0, 0.1) is 12.7 Å². The standard InChI is InChI=1S/C21H17FN2O/c1-13-11-15(9-10-18(13)22)20(25)21-23-12-19(24-21)17-8-4-6-14-5-2-3-7-16(14)17/h2-12,20,25H,1H3,(H,23,24). The van der Waals surface area contributed by atoms with Crippen molar-refractivity contribution in [3.8, 4) is 11.3 Å². The van der Waals surface area contributed by atoms with Crippen molar-refractivity contribution in [2.45, 2.75) is 13.0 Å². The molecule has 0 saturated carbocycles. The Kier molecular flexibility index (Phi) is 3.82. The third-order valence-corrected chi connectivity index (χ3v) is 4.43. The van der Waals surface area contributed by atoms with E-state index in [-0.39, 0.29) is 5.82 Å². The van der Waals surface area contributed by atoms with E-state index in [2.05, 4.69) is 28.2 Å². The lowest BCUT2D eigenvalue weighted by Crippen LogP contribution is -2.03. The largest absolute Gasteiger partial charge is 0.380 e. The van der Waals surface area contributed by atoms with Crippen LogP contribution in [-0.2, 0) is 0 Å². The van der Waals surface area contributed by atoms with Crippen molar-refractivity contribution in [1.29, 1.82) is 0 Å². The first kappa shape index (κ1) is 15.5. The highest BCUT2D eigenvalue weighted by Gasteiger charge is 2.16. The number of benzene rings is 3. The fourth-order valence-electron chi connectivity index (χ4n) is 3.07. The van der Waals surface area contributed by atoms with Gasteiger partial charge in [0.15, 0.2) is 0 Å². The van der Waals surface area contributed by atoms with Crippen molar-refractivity contribution >= 4 is 10.8 Å². The zero-order valence-corrected chi connectivity index (χ0v) is 13.7. The van der Waals surface area contributed by atoms with Crippen molar-refractivity contribution in [3.05, 3.63) is 89.6 Å². The summed E-state index contributed by atoms with van der Waals surface area (Å²) in [6, 6.07) is 18.8. The molecule has 124 valence electrons. The van der Waals surface area contributed by atoms with Crippen LogP contribution in [0.4, 0.5) is 4.39 Å². The first-order chi connectivity index (χ1) is 12.1. The van der Waals surface area contributed by atoms with Crippen molar-refractivity contribution in [2.75, 3.05) is 0 Å². The van der Waals surface area contributed by atoms with E-state index in [1.54, 1.807) is 25.3 Å². The summed E-state index contributed by atoms with van der Waals surface area (Å²) < 4.78 is 13.4. The van der Waals surface area contributed by atoms with Gasteiger partial charge in [-0.05, 0) is 34.9 Å². The van der Waals surface area contributed by atoms with E-state index >= 15 is 0 Å². The normalized spacial score (nSPS) is 12.4. The van der Waals surface area contributed by atoms with Crippen LogP contribution in [0.1, 0.15) is 23.1 Å². The molecule has 3 aromatic carbocycles. The van der Waals surface area contributed by atoms with Gasteiger partial charge in [0.05, 0.1) is 11.9 Å². The number of imidazole rings is 1. The van der Waals surface area contributed by atoms with E-state index in [9.17, 15) is 9.50 Å². The Balaban J connectivity index is 1.73. The third kappa shape index (κ3) is 2.81. The van der Waals surface area contributed by atoms with Crippen molar-refractivity contribution in [3.63, 3.8) is 0 Å². The maximum atomic E-state index is 13.4. The zero-order chi connectivity index (χ0) is 17.4. The van der Waals surface area contributed by atoms with E-state index in [1.165, 1.54) is 6.07 Å². The number of aromatic amines is 1. The molecule has 1 unspecified atom stereocenters. The summed E-state index contributed by atoms with van der Waals surface area (Å²) >= 11 is 0. The van der Waals surface area contributed by atoms with E-state index in [4.69, 9.17) is 0 Å². The number of nitrogens with zero attached hydrogens (tertiary/aromatic N) is 1. The molecule has 4 rings (SSSR count). The topological polar surface area (TPSA) is 48.9 Å². The van der Waals surface area contributed by atoms with Crippen molar-refractivity contribution < 1.29 is 9.50 Å². The Morgan fingerprint density at radius 2 is 1.84 bits per heavy atom. The average Bonchev–Trinajstić information content (AvgIpc) is 3.13. The summed E-state index contributed by atoms with van der Waals surface area (Å²) in [5, 5.41) is 12.8. The lowest BCUT2D eigenvalue weighted by molar-refractivity contribution is 0.211. The van der Waals surface area contributed by atoms with Crippen LogP contribution in [0.25, 0.3) is 22.0 Å². The van der Waals surface area contributed by atoms with Gasteiger partial charge in [0, 0.05) is 5.56 Å². The molecule has 0 spiro atoms. The van der Waals surface area contributed by atoms with Crippen LogP contribution in [0.5, 0.6) is 0 Å². The number of aliphatic hydroxyl groups is 1. The van der Waals surface area contributed by atoms with E-state index in [1.807, 2.05) is 24.3 Å². The number of aliphatic hydroxyl groups excluding tert-OH is 1. The van der Waals surface area contributed by atoms with Crippen LogP contribution in [0.15, 0.2) is 66.9 Å². The van der Waals surface area contributed by atoms with E-state index < -0.39 is 6.10 Å². The summed E-state index contributed by atoms with van der Waals surface area (Å²) in [5.41, 5.74) is 2.97. The second-order valence-corrected chi connectivity index (χ2v) is 6.12.